The first kappa shape index (κ1) is 14.2. The van der Waals surface area contributed by atoms with Crippen LogP contribution in [0.1, 0.15) is 26.7 Å². The van der Waals surface area contributed by atoms with Crippen molar-refractivity contribution >= 4 is 5.91 Å². The molecule has 1 amide bonds. The highest BCUT2D eigenvalue weighted by Gasteiger charge is 2.04. The molecule has 0 fully saturated rings. The predicted octanol–water partition coefficient (Wildman–Crippen LogP) is 1.66. The molecule has 0 heterocycles. The van der Waals surface area contributed by atoms with Gasteiger partial charge in [0, 0.05) is 12.1 Å². The van der Waals surface area contributed by atoms with E-state index in [-0.39, 0.29) is 5.91 Å². The topological polar surface area (TPSA) is 32.3 Å². The monoisotopic (exact) mass is 212 g/mol. The minimum Gasteiger partial charge on any atom is -0.352 e. The van der Waals surface area contributed by atoms with Gasteiger partial charge in [-0.1, -0.05) is 13.5 Å². The van der Waals surface area contributed by atoms with Crippen LogP contribution < -0.4 is 5.32 Å². The molecule has 0 saturated heterocycles. The van der Waals surface area contributed by atoms with Crippen molar-refractivity contribution in [3.63, 3.8) is 0 Å². The molecule has 0 aromatic heterocycles. The Kier molecular flexibility index (Phi) is 7.05. The van der Waals surface area contributed by atoms with E-state index in [1.54, 1.807) is 6.92 Å². The molecule has 1 N–H and O–H groups in total. The van der Waals surface area contributed by atoms with E-state index in [4.69, 9.17) is 0 Å². The van der Waals surface area contributed by atoms with Crippen molar-refractivity contribution in [1.82, 2.24) is 10.2 Å². The van der Waals surface area contributed by atoms with Crippen LogP contribution in [0.25, 0.3) is 0 Å². The summed E-state index contributed by atoms with van der Waals surface area (Å²) in [5.41, 5.74) is 0.580. The molecule has 0 radical (unpaired) electrons. The number of hydrogen-bond donors (Lipinski definition) is 1. The first-order valence-corrected chi connectivity index (χ1v) is 5.52. The first-order valence-electron chi connectivity index (χ1n) is 5.52. The van der Waals surface area contributed by atoms with Crippen LogP contribution in [0, 0.1) is 5.92 Å². The van der Waals surface area contributed by atoms with Crippen molar-refractivity contribution in [3.8, 4) is 0 Å². The lowest BCUT2D eigenvalue weighted by Crippen LogP contribution is -2.26. The average molecular weight is 212 g/mol. The Morgan fingerprint density at radius 3 is 2.47 bits per heavy atom. The van der Waals surface area contributed by atoms with Crippen molar-refractivity contribution in [2.75, 3.05) is 27.2 Å². The Morgan fingerprint density at radius 2 is 2.00 bits per heavy atom. The Morgan fingerprint density at radius 1 is 1.40 bits per heavy atom. The van der Waals surface area contributed by atoms with Gasteiger partial charge in [0.2, 0.25) is 5.91 Å². The third-order valence-corrected chi connectivity index (χ3v) is 2.38. The second-order valence-electron chi connectivity index (χ2n) is 4.52. The smallest absolute Gasteiger partial charge is 0.246 e. The van der Waals surface area contributed by atoms with Gasteiger partial charge in [0.25, 0.3) is 0 Å². The summed E-state index contributed by atoms with van der Waals surface area (Å²) in [7, 11) is 4.16. The third-order valence-electron chi connectivity index (χ3n) is 2.38. The predicted molar refractivity (Wildman–Crippen MR) is 64.8 cm³/mol. The number of hydrogen-bond acceptors (Lipinski definition) is 2. The third kappa shape index (κ3) is 8.18. The Bertz CT molecular complexity index is 212. The molecule has 3 nitrogen and oxygen atoms in total. The molecule has 0 spiro atoms. The fourth-order valence-corrected chi connectivity index (χ4v) is 1.21. The number of rotatable bonds is 7. The van der Waals surface area contributed by atoms with Gasteiger partial charge in [-0.3, -0.25) is 4.79 Å². The van der Waals surface area contributed by atoms with Gasteiger partial charge in [-0.05, 0) is 46.3 Å². The highest BCUT2D eigenvalue weighted by atomic mass is 16.1. The van der Waals surface area contributed by atoms with Crippen LogP contribution in [0.2, 0.25) is 0 Å². The Labute approximate surface area is 93.5 Å². The van der Waals surface area contributed by atoms with Crippen molar-refractivity contribution < 1.29 is 4.79 Å². The summed E-state index contributed by atoms with van der Waals surface area (Å²) >= 11 is 0. The molecule has 1 atom stereocenters. The molecular formula is C12H24N2O. The molecule has 15 heavy (non-hydrogen) atoms. The molecule has 1 unspecified atom stereocenters. The van der Waals surface area contributed by atoms with Gasteiger partial charge >= 0.3 is 0 Å². The zero-order valence-corrected chi connectivity index (χ0v) is 10.5. The van der Waals surface area contributed by atoms with E-state index in [1.807, 2.05) is 0 Å². The van der Waals surface area contributed by atoms with Crippen molar-refractivity contribution in [2.24, 2.45) is 5.92 Å². The van der Waals surface area contributed by atoms with E-state index in [0.29, 0.717) is 11.5 Å². The van der Waals surface area contributed by atoms with E-state index in [2.05, 4.69) is 37.8 Å². The molecule has 0 aromatic carbocycles. The molecule has 0 aromatic rings. The summed E-state index contributed by atoms with van der Waals surface area (Å²) in [6.45, 7) is 9.40. The fourth-order valence-electron chi connectivity index (χ4n) is 1.21. The molecule has 0 rings (SSSR count). The minimum atomic E-state index is -0.0326. The minimum absolute atomic E-state index is 0.0326. The number of carbonyl (C=O) groups is 1. The molecule has 3 heteroatoms. The highest BCUT2D eigenvalue weighted by molar-refractivity contribution is 5.91. The molecule has 0 aliphatic heterocycles. The van der Waals surface area contributed by atoms with Crippen LogP contribution >= 0.6 is 0 Å². The molecule has 0 aliphatic carbocycles. The summed E-state index contributed by atoms with van der Waals surface area (Å²) in [4.78, 5) is 13.4. The van der Waals surface area contributed by atoms with Gasteiger partial charge in [-0.25, -0.2) is 0 Å². The zero-order valence-electron chi connectivity index (χ0n) is 10.5. The van der Waals surface area contributed by atoms with Crippen LogP contribution in [0.4, 0.5) is 0 Å². The van der Waals surface area contributed by atoms with Crippen molar-refractivity contribution in [3.05, 3.63) is 12.2 Å². The maximum atomic E-state index is 11.2. The molecule has 0 aliphatic rings. The van der Waals surface area contributed by atoms with Crippen molar-refractivity contribution in [2.45, 2.75) is 26.7 Å². The fraction of sp³-hybridized carbons (Fsp3) is 0.750. The van der Waals surface area contributed by atoms with Crippen LogP contribution in [-0.4, -0.2) is 38.0 Å². The number of nitrogens with one attached hydrogen (secondary N) is 1. The van der Waals surface area contributed by atoms with Crippen LogP contribution in [0.5, 0.6) is 0 Å². The normalized spacial score (nSPS) is 12.6. The van der Waals surface area contributed by atoms with E-state index in [1.165, 1.54) is 6.42 Å². The SMILES string of the molecule is C=C(C)C(=O)NCCC(C)CCN(C)C. The van der Waals surface area contributed by atoms with Gasteiger partial charge < -0.3 is 10.2 Å². The lowest BCUT2D eigenvalue weighted by molar-refractivity contribution is -0.117. The maximum Gasteiger partial charge on any atom is 0.246 e. The second-order valence-corrected chi connectivity index (χ2v) is 4.52. The summed E-state index contributed by atoms with van der Waals surface area (Å²) in [6.07, 6.45) is 2.21. The number of amides is 1. The molecule has 0 saturated carbocycles. The lowest BCUT2D eigenvalue weighted by atomic mass is 10.0. The Balaban J connectivity index is 3.50. The first-order chi connectivity index (χ1) is 6.93. The highest BCUT2D eigenvalue weighted by Crippen LogP contribution is 2.06. The van der Waals surface area contributed by atoms with Crippen molar-refractivity contribution in [1.29, 1.82) is 0 Å². The summed E-state index contributed by atoms with van der Waals surface area (Å²) in [5, 5.41) is 2.85. The van der Waals surface area contributed by atoms with E-state index in [9.17, 15) is 4.79 Å². The van der Waals surface area contributed by atoms with Gasteiger partial charge in [0.15, 0.2) is 0 Å². The maximum absolute atomic E-state index is 11.2. The number of nitrogens with zero attached hydrogens (tertiary/aromatic N) is 1. The van der Waals surface area contributed by atoms with Crippen LogP contribution in [-0.2, 0) is 4.79 Å². The molecular weight excluding hydrogens is 188 g/mol. The van der Waals surface area contributed by atoms with E-state index in [0.717, 1.165) is 19.5 Å². The molecule has 0 bridgehead atoms. The van der Waals surface area contributed by atoms with E-state index >= 15 is 0 Å². The average Bonchev–Trinajstić information content (AvgIpc) is 2.14. The van der Waals surface area contributed by atoms with Crippen LogP contribution in [0.3, 0.4) is 0 Å². The summed E-state index contributed by atoms with van der Waals surface area (Å²) in [5.74, 6) is 0.618. The standard InChI is InChI=1S/C12H24N2O/c1-10(2)12(15)13-8-6-11(3)7-9-14(4)5/h11H,1,6-9H2,2-5H3,(H,13,15). The van der Waals surface area contributed by atoms with Crippen LogP contribution in [0.15, 0.2) is 12.2 Å². The van der Waals surface area contributed by atoms with Gasteiger partial charge in [0.05, 0.1) is 0 Å². The molecule has 88 valence electrons. The summed E-state index contributed by atoms with van der Waals surface area (Å²) in [6, 6.07) is 0. The van der Waals surface area contributed by atoms with Gasteiger partial charge in [-0.2, -0.15) is 0 Å². The Hall–Kier alpha value is -0.830. The lowest BCUT2D eigenvalue weighted by Gasteiger charge is -2.15. The number of carbonyl (C=O) groups excluding carboxylic acids is 1. The van der Waals surface area contributed by atoms with Gasteiger partial charge in [0.1, 0.15) is 0 Å². The quantitative estimate of drug-likeness (QED) is 0.651. The largest absolute Gasteiger partial charge is 0.352 e. The zero-order chi connectivity index (χ0) is 11.8. The van der Waals surface area contributed by atoms with Gasteiger partial charge in [-0.15, -0.1) is 0 Å². The van der Waals surface area contributed by atoms with E-state index < -0.39 is 0 Å². The summed E-state index contributed by atoms with van der Waals surface area (Å²) < 4.78 is 0. The second kappa shape index (κ2) is 7.46.